The van der Waals surface area contributed by atoms with E-state index in [-0.39, 0.29) is 35.0 Å². The lowest BCUT2D eigenvalue weighted by atomic mass is 9.65. The number of anilines is 1. The van der Waals surface area contributed by atoms with Crippen molar-refractivity contribution in [1.29, 1.82) is 10.5 Å². The summed E-state index contributed by atoms with van der Waals surface area (Å²) in [6.45, 7) is 2.15. The largest absolute Gasteiger partial charge is 0.403 e. The highest BCUT2D eigenvalue weighted by molar-refractivity contribution is 5.57. The van der Waals surface area contributed by atoms with Crippen LogP contribution in [0.2, 0.25) is 0 Å². The van der Waals surface area contributed by atoms with E-state index in [1.165, 1.54) is 6.07 Å². The lowest BCUT2D eigenvalue weighted by molar-refractivity contribution is 0.00203. The lowest BCUT2D eigenvalue weighted by Gasteiger charge is -2.52. The van der Waals surface area contributed by atoms with Gasteiger partial charge in [-0.3, -0.25) is 9.29 Å². The van der Waals surface area contributed by atoms with E-state index in [4.69, 9.17) is 10.2 Å². The van der Waals surface area contributed by atoms with Crippen molar-refractivity contribution in [3.8, 4) is 23.6 Å². The number of halogens is 2. The average Bonchev–Trinajstić information content (AvgIpc) is 3.39. The van der Waals surface area contributed by atoms with Crippen molar-refractivity contribution in [3.05, 3.63) is 100 Å². The van der Waals surface area contributed by atoms with E-state index in [9.17, 15) is 10.5 Å². The van der Waals surface area contributed by atoms with E-state index < -0.39 is 17.9 Å². The molecule has 1 aliphatic heterocycles. The Labute approximate surface area is 225 Å². The van der Waals surface area contributed by atoms with Gasteiger partial charge in [-0.2, -0.15) is 10.5 Å². The summed E-state index contributed by atoms with van der Waals surface area (Å²) in [4.78, 5) is 2.20. The first-order chi connectivity index (χ1) is 18.9. The summed E-state index contributed by atoms with van der Waals surface area (Å²) in [7, 11) is 0. The van der Waals surface area contributed by atoms with Crippen molar-refractivity contribution in [1.82, 2.24) is 15.1 Å². The molecule has 0 saturated carbocycles. The van der Waals surface area contributed by atoms with E-state index in [0.717, 1.165) is 11.1 Å². The molecule has 4 aromatic rings. The third kappa shape index (κ3) is 4.62. The molecule has 1 fully saturated rings. The van der Waals surface area contributed by atoms with Crippen molar-refractivity contribution in [2.75, 3.05) is 25.5 Å². The Kier molecular flexibility index (Phi) is 7.10. The van der Waals surface area contributed by atoms with Crippen molar-refractivity contribution < 1.29 is 13.2 Å². The number of alkyl halides is 1. The second kappa shape index (κ2) is 10.6. The Balaban J connectivity index is 1.49. The Hall–Kier alpha value is -4.60. The molecule has 0 aliphatic carbocycles. The minimum Gasteiger partial charge on any atom is -0.403 e. The van der Waals surface area contributed by atoms with Crippen LogP contribution in [0.15, 0.2) is 71.1 Å². The average molecular weight is 525 g/mol. The smallest absolute Gasteiger partial charge is 0.313 e. The molecule has 0 spiro atoms. The molecule has 3 aromatic carbocycles. The first-order valence-electron chi connectivity index (χ1n) is 12.6. The van der Waals surface area contributed by atoms with Gasteiger partial charge in [0, 0.05) is 18.5 Å². The normalized spacial score (nSPS) is 16.0. The molecule has 1 aromatic heterocycles. The number of hydrogen-bond donors (Lipinski definition) is 1. The fourth-order valence-electron chi connectivity index (χ4n) is 5.61. The van der Waals surface area contributed by atoms with Crippen LogP contribution in [0.3, 0.4) is 0 Å². The summed E-state index contributed by atoms with van der Waals surface area (Å²) in [5, 5.41) is 26.1. The van der Waals surface area contributed by atoms with E-state index in [1.807, 2.05) is 37.3 Å². The van der Waals surface area contributed by atoms with E-state index >= 15 is 8.78 Å². The van der Waals surface area contributed by atoms with Crippen LogP contribution in [-0.2, 0) is 5.41 Å². The van der Waals surface area contributed by atoms with Gasteiger partial charge in [0.25, 0.3) is 5.89 Å². The Morgan fingerprint density at radius 3 is 2.36 bits per heavy atom. The highest BCUT2D eigenvalue weighted by Crippen LogP contribution is 2.47. The molecular formula is C30H26F2N6O. The van der Waals surface area contributed by atoms with Crippen molar-refractivity contribution in [2.24, 2.45) is 5.92 Å². The van der Waals surface area contributed by atoms with Crippen molar-refractivity contribution in [2.45, 2.75) is 24.8 Å². The summed E-state index contributed by atoms with van der Waals surface area (Å²) >= 11 is 0. The Bertz CT molecular complexity index is 1560. The number of likely N-dealkylation sites (tertiary alicyclic amines) is 1. The monoisotopic (exact) mass is 524 g/mol. The number of hydrogen-bond acceptors (Lipinski definition) is 7. The number of nitriles is 2. The molecular weight excluding hydrogens is 498 g/mol. The molecule has 39 heavy (non-hydrogen) atoms. The second-order valence-corrected chi connectivity index (χ2v) is 9.78. The minimum absolute atomic E-state index is 0.0517. The molecule has 0 radical (unpaired) electrons. The molecule has 5 rings (SSSR count). The zero-order valence-corrected chi connectivity index (χ0v) is 21.3. The molecule has 9 heteroatoms. The van der Waals surface area contributed by atoms with Gasteiger partial charge >= 0.3 is 6.01 Å². The van der Waals surface area contributed by atoms with Gasteiger partial charge in [0.05, 0.1) is 41.5 Å². The fraction of sp³-hybridized carbons (Fsp3) is 0.267. The molecule has 1 aliphatic rings. The van der Waals surface area contributed by atoms with Crippen LogP contribution in [0.5, 0.6) is 0 Å². The van der Waals surface area contributed by atoms with Gasteiger partial charge in [0.2, 0.25) is 0 Å². The SMILES string of the molecule is CC[C@@](CF)(c1cccc(-c2nnc(N)o2)c1F)C1CN([C@@H](c2ccc(C#N)cc2)c2cccc(C#N)c2)C1. The Morgan fingerprint density at radius 1 is 1.03 bits per heavy atom. The van der Waals surface area contributed by atoms with Crippen LogP contribution >= 0.6 is 0 Å². The molecule has 196 valence electrons. The Morgan fingerprint density at radius 2 is 1.74 bits per heavy atom. The third-order valence-electron chi connectivity index (χ3n) is 7.82. The molecule has 2 atom stereocenters. The van der Waals surface area contributed by atoms with Crippen LogP contribution in [0.4, 0.5) is 14.8 Å². The molecule has 0 bridgehead atoms. The predicted octanol–water partition coefficient (Wildman–Crippen LogP) is 5.54. The number of aromatic nitrogens is 2. The van der Waals surface area contributed by atoms with Crippen LogP contribution < -0.4 is 5.73 Å². The van der Waals surface area contributed by atoms with E-state index in [0.29, 0.717) is 30.6 Å². The van der Waals surface area contributed by atoms with E-state index in [2.05, 4.69) is 27.2 Å². The molecule has 7 nitrogen and oxygen atoms in total. The highest BCUT2D eigenvalue weighted by Gasteiger charge is 2.49. The van der Waals surface area contributed by atoms with Gasteiger partial charge in [-0.25, -0.2) is 4.39 Å². The van der Waals surface area contributed by atoms with Gasteiger partial charge < -0.3 is 10.2 Å². The highest BCUT2D eigenvalue weighted by atomic mass is 19.1. The number of nitrogens with zero attached hydrogens (tertiary/aromatic N) is 5. The van der Waals surface area contributed by atoms with Gasteiger partial charge in [0.15, 0.2) is 0 Å². The summed E-state index contributed by atoms with van der Waals surface area (Å²) in [5.74, 6) is -0.821. The van der Waals surface area contributed by atoms with E-state index in [1.54, 1.807) is 30.3 Å². The van der Waals surface area contributed by atoms with Crippen LogP contribution in [0.1, 0.15) is 47.2 Å². The molecule has 2 heterocycles. The maximum absolute atomic E-state index is 15.9. The zero-order valence-electron chi connectivity index (χ0n) is 21.3. The zero-order chi connectivity index (χ0) is 27.6. The first-order valence-corrected chi connectivity index (χ1v) is 12.6. The number of nitrogen functional groups attached to an aromatic ring is 1. The number of benzene rings is 3. The molecule has 0 unspecified atom stereocenters. The molecule has 2 N–H and O–H groups in total. The fourth-order valence-corrected chi connectivity index (χ4v) is 5.61. The van der Waals surface area contributed by atoms with Gasteiger partial charge in [-0.15, -0.1) is 5.10 Å². The van der Waals surface area contributed by atoms with Gasteiger partial charge in [0.1, 0.15) is 5.82 Å². The third-order valence-corrected chi connectivity index (χ3v) is 7.82. The van der Waals surface area contributed by atoms with Crippen LogP contribution in [-0.4, -0.2) is 34.9 Å². The topological polar surface area (TPSA) is 116 Å². The quantitative estimate of drug-likeness (QED) is 0.322. The lowest BCUT2D eigenvalue weighted by Crippen LogP contribution is -2.58. The van der Waals surface area contributed by atoms with Gasteiger partial charge in [-0.05, 0) is 59.4 Å². The molecule has 1 saturated heterocycles. The van der Waals surface area contributed by atoms with Crippen LogP contribution in [0.25, 0.3) is 11.5 Å². The number of nitrogens with two attached hydrogens (primary N) is 1. The first kappa shape index (κ1) is 26.0. The second-order valence-electron chi connectivity index (χ2n) is 9.78. The summed E-state index contributed by atoms with van der Waals surface area (Å²) in [6.07, 6.45) is 0.389. The molecule has 0 amide bonds. The maximum atomic E-state index is 15.9. The van der Waals surface area contributed by atoms with Gasteiger partial charge in [-0.1, -0.05) is 48.4 Å². The van der Waals surface area contributed by atoms with Crippen LogP contribution in [0, 0.1) is 34.4 Å². The van der Waals surface area contributed by atoms with Crippen molar-refractivity contribution >= 4 is 6.01 Å². The summed E-state index contributed by atoms with van der Waals surface area (Å²) in [6, 6.07) is 23.4. The summed E-state index contributed by atoms with van der Waals surface area (Å²) < 4.78 is 36.2. The maximum Gasteiger partial charge on any atom is 0.313 e. The standard InChI is InChI=1S/C30H26F2N6O/c1-2-30(18-31,25-8-4-7-24(26(25)32)28-36-37-29(35)39-28)23-16-38(17-23)27(21-11-9-19(14-33)10-12-21)22-6-3-5-20(13-22)15-34/h3-13,23,27H,2,16-18H2,1H3,(H2,35,37)/t27-,30-/m0/s1. The summed E-state index contributed by atoms with van der Waals surface area (Å²) in [5.41, 5.74) is 7.78. The predicted molar refractivity (Wildman–Crippen MR) is 141 cm³/mol. The van der Waals surface area contributed by atoms with Crippen molar-refractivity contribution in [3.63, 3.8) is 0 Å². The number of rotatable bonds is 8. The minimum atomic E-state index is -1.06.